The molecule has 6 heteroatoms. The largest absolute Gasteiger partial charge is 0.370 e. The highest BCUT2D eigenvalue weighted by Gasteiger charge is 2.33. The van der Waals surface area contributed by atoms with Gasteiger partial charge in [-0.2, -0.15) is 5.26 Å². The second-order valence-corrected chi connectivity index (χ2v) is 9.12. The molecular weight excluding hydrogens is 364 g/mol. The minimum Gasteiger partial charge on any atom is -0.370 e. The number of fused-ring (bicyclic) bond motifs is 1. The summed E-state index contributed by atoms with van der Waals surface area (Å²) >= 11 is 0. The monoisotopic (exact) mass is 398 g/mol. The zero-order valence-electron chi connectivity index (χ0n) is 18.5. The van der Waals surface area contributed by atoms with Crippen molar-refractivity contribution in [3.05, 3.63) is 22.4 Å². The molecule has 2 aliphatic heterocycles. The summed E-state index contributed by atoms with van der Waals surface area (Å²) in [6, 6.07) is 2.45. The van der Waals surface area contributed by atoms with E-state index in [1.807, 2.05) is 18.7 Å². The lowest BCUT2D eigenvalue weighted by Crippen LogP contribution is -2.50. The number of amides is 1. The third kappa shape index (κ3) is 4.56. The summed E-state index contributed by atoms with van der Waals surface area (Å²) in [6.45, 7) is 13.5. The molecule has 1 aromatic heterocycles. The number of carbonyl (C=O) groups is 1. The molecule has 1 fully saturated rings. The van der Waals surface area contributed by atoms with Crippen molar-refractivity contribution >= 4 is 11.7 Å². The first kappa shape index (κ1) is 21.6. The topological polar surface area (TPSA) is 69.5 Å². The van der Waals surface area contributed by atoms with Crippen LogP contribution in [0.5, 0.6) is 0 Å². The fourth-order valence-electron chi connectivity index (χ4n) is 4.22. The molecule has 0 aromatic carbocycles. The van der Waals surface area contributed by atoms with Crippen LogP contribution in [0, 0.1) is 17.2 Å². The highest BCUT2D eigenvalue weighted by Crippen LogP contribution is 2.36. The van der Waals surface area contributed by atoms with Gasteiger partial charge in [-0.05, 0) is 32.3 Å². The van der Waals surface area contributed by atoms with Crippen LogP contribution in [0.2, 0.25) is 0 Å². The van der Waals surface area contributed by atoms with Crippen LogP contribution in [0.4, 0.5) is 5.82 Å². The Kier molecular flexibility index (Phi) is 6.48. The number of hydrogen-bond acceptors (Lipinski definition) is 5. The van der Waals surface area contributed by atoms with Crippen LogP contribution >= 0.6 is 0 Å². The highest BCUT2D eigenvalue weighted by molar-refractivity contribution is 5.78. The van der Waals surface area contributed by atoms with Crippen LogP contribution in [-0.4, -0.2) is 47.6 Å². The smallest absolute Gasteiger partial charge is 0.225 e. The predicted octanol–water partition coefficient (Wildman–Crippen LogP) is 3.45. The number of rotatable bonds is 5. The summed E-state index contributed by atoms with van der Waals surface area (Å²) in [4.78, 5) is 21.4. The van der Waals surface area contributed by atoms with Crippen molar-refractivity contribution in [2.75, 3.05) is 31.1 Å². The first-order chi connectivity index (χ1) is 13.8. The van der Waals surface area contributed by atoms with Gasteiger partial charge in [0.25, 0.3) is 0 Å². The quantitative estimate of drug-likeness (QED) is 0.760. The normalized spacial score (nSPS) is 18.5. The van der Waals surface area contributed by atoms with E-state index in [9.17, 15) is 10.1 Å². The highest BCUT2D eigenvalue weighted by atomic mass is 16.5. The van der Waals surface area contributed by atoms with Gasteiger partial charge in [0, 0.05) is 49.8 Å². The van der Waals surface area contributed by atoms with Gasteiger partial charge in [-0.1, -0.05) is 27.2 Å². The van der Waals surface area contributed by atoms with Crippen molar-refractivity contribution in [3.63, 3.8) is 0 Å². The van der Waals surface area contributed by atoms with Crippen molar-refractivity contribution in [3.8, 4) is 6.07 Å². The molecule has 6 nitrogen and oxygen atoms in total. The number of nitrogens with zero attached hydrogens (tertiary/aromatic N) is 4. The number of hydrogen-bond donors (Lipinski definition) is 0. The van der Waals surface area contributed by atoms with E-state index < -0.39 is 0 Å². The van der Waals surface area contributed by atoms with Gasteiger partial charge in [0.15, 0.2) is 0 Å². The molecule has 3 rings (SSSR count). The molecule has 1 amide bonds. The van der Waals surface area contributed by atoms with E-state index in [4.69, 9.17) is 9.72 Å². The maximum absolute atomic E-state index is 12.3. The number of carbonyl (C=O) groups excluding carboxylic acids is 1. The van der Waals surface area contributed by atoms with Gasteiger partial charge in [0.2, 0.25) is 5.91 Å². The third-order valence-corrected chi connectivity index (χ3v) is 5.95. The van der Waals surface area contributed by atoms with E-state index in [2.05, 4.69) is 31.7 Å². The number of aryl methyl sites for hydroxylation is 1. The number of pyridine rings is 1. The van der Waals surface area contributed by atoms with Gasteiger partial charge < -0.3 is 14.5 Å². The number of nitriles is 1. The summed E-state index contributed by atoms with van der Waals surface area (Å²) in [5, 5.41) is 10.0. The van der Waals surface area contributed by atoms with Crippen LogP contribution in [0.25, 0.3) is 0 Å². The van der Waals surface area contributed by atoms with Crippen molar-refractivity contribution in [2.24, 2.45) is 5.92 Å². The Labute approximate surface area is 174 Å². The summed E-state index contributed by atoms with van der Waals surface area (Å²) in [5.74, 6) is 1.01. The molecular formula is C23H34N4O2. The second kappa shape index (κ2) is 8.71. The molecule has 0 spiro atoms. The van der Waals surface area contributed by atoms with Crippen LogP contribution < -0.4 is 4.90 Å². The fourth-order valence-corrected chi connectivity index (χ4v) is 4.22. The number of unbranched alkanes of at least 4 members (excludes halogenated alkanes) is 1. The zero-order chi connectivity index (χ0) is 21.2. The minimum atomic E-state index is -0.276. The molecule has 0 bridgehead atoms. The van der Waals surface area contributed by atoms with Crippen molar-refractivity contribution in [1.82, 2.24) is 9.88 Å². The Morgan fingerprint density at radius 1 is 1.24 bits per heavy atom. The first-order valence-electron chi connectivity index (χ1n) is 10.9. The van der Waals surface area contributed by atoms with Gasteiger partial charge in [-0.25, -0.2) is 4.98 Å². The molecule has 29 heavy (non-hydrogen) atoms. The lowest BCUT2D eigenvalue weighted by atomic mass is 9.87. The number of piperazine rings is 1. The molecule has 158 valence electrons. The SMILES string of the molecule is CCCCc1nc(N2CCN(C(=O)C(C)C)CC2)c(C#N)c2c1COC(C)(C)C2. The average molecular weight is 399 g/mol. The third-order valence-electron chi connectivity index (χ3n) is 5.95. The summed E-state index contributed by atoms with van der Waals surface area (Å²) in [5.41, 5.74) is 3.72. The Bertz CT molecular complexity index is 802. The standard InChI is InChI=1S/C23H34N4O2/c1-6-7-8-20-19-15-29-23(4,5)13-17(19)18(14-24)21(25-20)26-9-11-27(12-10-26)22(28)16(2)3/h16H,6-13,15H2,1-5H3. The molecule has 0 radical (unpaired) electrons. The molecule has 3 heterocycles. The fraction of sp³-hybridized carbons (Fsp3) is 0.696. The van der Waals surface area contributed by atoms with E-state index in [1.165, 1.54) is 0 Å². The van der Waals surface area contributed by atoms with Gasteiger partial charge in [-0.3, -0.25) is 4.79 Å². The minimum absolute atomic E-state index is 0.0148. The Morgan fingerprint density at radius 3 is 2.52 bits per heavy atom. The molecule has 1 aromatic rings. The van der Waals surface area contributed by atoms with E-state index in [0.717, 1.165) is 48.3 Å². The van der Waals surface area contributed by atoms with Gasteiger partial charge in [0.05, 0.1) is 17.8 Å². The van der Waals surface area contributed by atoms with Crippen molar-refractivity contribution in [1.29, 1.82) is 5.26 Å². The molecule has 0 atom stereocenters. The molecule has 0 unspecified atom stereocenters. The van der Waals surface area contributed by atoms with Crippen LogP contribution in [-0.2, 0) is 29.0 Å². The lowest BCUT2D eigenvalue weighted by Gasteiger charge is -2.38. The summed E-state index contributed by atoms with van der Waals surface area (Å²) in [6.07, 6.45) is 3.82. The lowest BCUT2D eigenvalue weighted by molar-refractivity contribution is -0.134. The zero-order valence-corrected chi connectivity index (χ0v) is 18.5. The number of anilines is 1. The molecule has 1 saturated heterocycles. The van der Waals surface area contributed by atoms with Crippen LogP contribution in [0.15, 0.2) is 0 Å². The predicted molar refractivity (Wildman–Crippen MR) is 114 cm³/mol. The van der Waals surface area contributed by atoms with Gasteiger partial charge in [-0.15, -0.1) is 0 Å². The van der Waals surface area contributed by atoms with Crippen molar-refractivity contribution < 1.29 is 9.53 Å². The molecule has 0 saturated carbocycles. The number of ether oxygens (including phenoxy) is 1. The average Bonchev–Trinajstić information content (AvgIpc) is 2.70. The van der Waals surface area contributed by atoms with Crippen molar-refractivity contribution in [2.45, 2.75) is 72.5 Å². The summed E-state index contributed by atoms with van der Waals surface area (Å²) in [7, 11) is 0. The molecule has 0 aliphatic carbocycles. The maximum Gasteiger partial charge on any atom is 0.225 e. The van der Waals surface area contributed by atoms with Crippen LogP contribution in [0.1, 0.15) is 69.8 Å². The summed E-state index contributed by atoms with van der Waals surface area (Å²) < 4.78 is 6.05. The molecule has 0 N–H and O–H groups in total. The van der Waals surface area contributed by atoms with E-state index in [1.54, 1.807) is 0 Å². The Hall–Kier alpha value is -2.13. The van der Waals surface area contributed by atoms with Gasteiger partial charge in [0.1, 0.15) is 11.9 Å². The van der Waals surface area contributed by atoms with E-state index in [-0.39, 0.29) is 17.4 Å². The van der Waals surface area contributed by atoms with Crippen LogP contribution in [0.3, 0.4) is 0 Å². The Morgan fingerprint density at radius 2 is 1.93 bits per heavy atom. The maximum atomic E-state index is 12.3. The Balaban J connectivity index is 1.94. The molecule has 2 aliphatic rings. The van der Waals surface area contributed by atoms with E-state index >= 15 is 0 Å². The van der Waals surface area contributed by atoms with E-state index in [0.29, 0.717) is 38.3 Å². The first-order valence-corrected chi connectivity index (χ1v) is 10.9. The van der Waals surface area contributed by atoms with Gasteiger partial charge >= 0.3 is 0 Å². The number of aromatic nitrogens is 1. The second-order valence-electron chi connectivity index (χ2n) is 9.12.